The third-order valence-corrected chi connectivity index (χ3v) is 3.04. The van der Waals surface area contributed by atoms with E-state index in [0.717, 1.165) is 37.6 Å². The number of benzene rings is 1. The molecule has 17 heavy (non-hydrogen) atoms. The second-order valence-electron chi connectivity index (χ2n) is 4.34. The van der Waals surface area contributed by atoms with Crippen LogP contribution in [0.1, 0.15) is 30.1 Å². The number of Topliss-reactive ketones (excluding diaryl/α,β-unsaturated/α-hetero) is 1. The Morgan fingerprint density at radius 1 is 1.41 bits per heavy atom. The molecule has 0 aromatic heterocycles. The van der Waals surface area contributed by atoms with E-state index < -0.39 is 11.6 Å². The molecule has 1 saturated carbocycles. The number of nitrogens with zero attached hydrogens (tertiary/aromatic N) is 1. The molecular formula is C13H15F2NO. The normalized spacial score (nSPS) is 15.3. The average Bonchev–Trinajstić information content (AvgIpc) is 3.13. The van der Waals surface area contributed by atoms with Gasteiger partial charge in [-0.2, -0.15) is 0 Å². The maximum Gasteiger partial charge on any atom is 0.179 e. The van der Waals surface area contributed by atoms with Gasteiger partial charge in [-0.05, 0) is 37.6 Å². The lowest BCUT2D eigenvalue weighted by Gasteiger charge is -2.18. The molecule has 0 unspecified atom stereocenters. The first-order valence-corrected chi connectivity index (χ1v) is 5.84. The molecule has 0 amide bonds. The van der Waals surface area contributed by atoms with Gasteiger partial charge in [-0.15, -0.1) is 0 Å². The first kappa shape index (κ1) is 12.2. The van der Waals surface area contributed by atoms with Crippen LogP contribution >= 0.6 is 0 Å². The van der Waals surface area contributed by atoms with Crippen LogP contribution in [0.25, 0.3) is 0 Å². The zero-order valence-electron chi connectivity index (χ0n) is 9.75. The fraction of sp³-hybridized carbons (Fsp3) is 0.462. The number of carbonyl (C=O) groups excluding carboxylic acids is 1. The topological polar surface area (TPSA) is 20.3 Å². The lowest BCUT2D eigenvalue weighted by atomic mass is 10.1. The van der Waals surface area contributed by atoms with E-state index in [1.54, 1.807) is 0 Å². The Kier molecular flexibility index (Phi) is 3.52. The summed E-state index contributed by atoms with van der Waals surface area (Å²) in [5.41, 5.74) is -0.149. The maximum absolute atomic E-state index is 13.4. The van der Waals surface area contributed by atoms with Gasteiger partial charge in [-0.3, -0.25) is 9.69 Å². The number of carbonyl (C=O) groups is 1. The van der Waals surface area contributed by atoms with Gasteiger partial charge in [0.05, 0.1) is 12.1 Å². The molecule has 0 saturated heterocycles. The number of hydrogen-bond acceptors (Lipinski definition) is 2. The molecule has 0 N–H and O–H groups in total. The van der Waals surface area contributed by atoms with Crippen molar-refractivity contribution in [1.29, 1.82) is 0 Å². The third-order valence-electron chi connectivity index (χ3n) is 3.04. The van der Waals surface area contributed by atoms with Gasteiger partial charge in [0, 0.05) is 6.04 Å². The predicted octanol–water partition coefficient (Wildman–Crippen LogP) is 2.63. The second kappa shape index (κ2) is 4.92. The van der Waals surface area contributed by atoms with Crippen molar-refractivity contribution in [3.05, 3.63) is 35.4 Å². The summed E-state index contributed by atoms with van der Waals surface area (Å²) in [5, 5.41) is 0. The van der Waals surface area contributed by atoms with Crippen LogP contribution in [-0.4, -0.2) is 29.8 Å². The summed E-state index contributed by atoms with van der Waals surface area (Å²) >= 11 is 0. The first-order valence-electron chi connectivity index (χ1n) is 5.84. The number of hydrogen-bond donors (Lipinski definition) is 0. The minimum Gasteiger partial charge on any atom is -0.293 e. The van der Waals surface area contributed by atoms with Gasteiger partial charge in [0.1, 0.15) is 11.6 Å². The number of rotatable bonds is 5. The minimum absolute atomic E-state index is 0.149. The Balaban J connectivity index is 2.10. The van der Waals surface area contributed by atoms with Crippen LogP contribution in [0.4, 0.5) is 8.78 Å². The van der Waals surface area contributed by atoms with Gasteiger partial charge in [-0.1, -0.05) is 6.92 Å². The van der Waals surface area contributed by atoms with E-state index >= 15 is 0 Å². The summed E-state index contributed by atoms with van der Waals surface area (Å²) in [6, 6.07) is 3.43. The number of ketones is 1. The largest absolute Gasteiger partial charge is 0.293 e. The molecule has 0 spiro atoms. The van der Waals surface area contributed by atoms with Crippen LogP contribution in [0, 0.1) is 11.6 Å². The number of likely N-dealkylation sites (N-methyl/N-ethyl adjacent to an activating group) is 1. The molecule has 1 fully saturated rings. The molecule has 0 atom stereocenters. The fourth-order valence-electron chi connectivity index (χ4n) is 1.92. The van der Waals surface area contributed by atoms with Gasteiger partial charge in [0.25, 0.3) is 0 Å². The monoisotopic (exact) mass is 239 g/mol. The van der Waals surface area contributed by atoms with E-state index in [4.69, 9.17) is 0 Å². The smallest absolute Gasteiger partial charge is 0.179 e. The highest BCUT2D eigenvalue weighted by molar-refractivity contribution is 5.97. The SMILES string of the molecule is CCN(CC(=O)c1cc(F)ccc1F)C1CC1. The molecular weight excluding hydrogens is 224 g/mol. The molecule has 2 rings (SSSR count). The molecule has 2 nitrogen and oxygen atoms in total. The molecule has 92 valence electrons. The van der Waals surface area contributed by atoms with E-state index in [0.29, 0.717) is 6.04 Å². The van der Waals surface area contributed by atoms with E-state index in [-0.39, 0.29) is 17.9 Å². The van der Waals surface area contributed by atoms with E-state index in [2.05, 4.69) is 0 Å². The summed E-state index contributed by atoms with van der Waals surface area (Å²) in [7, 11) is 0. The summed E-state index contributed by atoms with van der Waals surface area (Å²) in [4.78, 5) is 13.9. The average molecular weight is 239 g/mol. The molecule has 1 aliphatic rings. The van der Waals surface area contributed by atoms with Crippen molar-refractivity contribution in [1.82, 2.24) is 4.90 Å². The Hall–Kier alpha value is -1.29. The lowest BCUT2D eigenvalue weighted by molar-refractivity contribution is 0.0924. The standard InChI is InChI=1S/C13H15F2NO/c1-2-16(10-4-5-10)8-13(17)11-7-9(14)3-6-12(11)15/h3,6-7,10H,2,4-5,8H2,1H3. The molecule has 4 heteroatoms. The van der Waals surface area contributed by atoms with Crippen molar-refractivity contribution in [2.24, 2.45) is 0 Å². The molecule has 0 bridgehead atoms. The minimum atomic E-state index is -0.650. The molecule has 1 aliphatic carbocycles. The highest BCUT2D eigenvalue weighted by atomic mass is 19.1. The molecule has 0 heterocycles. The van der Waals surface area contributed by atoms with Crippen LogP contribution in [0.2, 0.25) is 0 Å². The Morgan fingerprint density at radius 3 is 2.71 bits per heavy atom. The van der Waals surface area contributed by atoms with Crippen LogP contribution in [-0.2, 0) is 0 Å². The zero-order valence-corrected chi connectivity index (χ0v) is 9.75. The van der Waals surface area contributed by atoms with Gasteiger partial charge < -0.3 is 0 Å². The zero-order chi connectivity index (χ0) is 12.4. The van der Waals surface area contributed by atoms with E-state index in [1.807, 2.05) is 11.8 Å². The second-order valence-corrected chi connectivity index (χ2v) is 4.34. The van der Waals surface area contributed by atoms with Crippen molar-refractivity contribution in [2.45, 2.75) is 25.8 Å². The summed E-state index contributed by atoms with van der Waals surface area (Å²) in [6.45, 7) is 2.89. The van der Waals surface area contributed by atoms with Crippen molar-refractivity contribution in [2.75, 3.05) is 13.1 Å². The molecule has 0 aliphatic heterocycles. The van der Waals surface area contributed by atoms with Gasteiger partial charge in [-0.25, -0.2) is 8.78 Å². The van der Waals surface area contributed by atoms with Gasteiger partial charge >= 0.3 is 0 Å². The van der Waals surface area contributed by atoms with E-state index in [1.165, 1.54) is 0 Å². The summed E-state index contributed by atoms with van der Waals surface area (Å²) in [5.74, 6) is -1.58. The Labute approximate surface area is 99.2 Å². The summed E-state index contributed by atoms with van der Waals surface area (Å²) in [6.07, 6.45) is 2.18. The van der Waals surface area contributed by atoms with Crippen molar-refractivity contribution < 1.29 is 13.6 Å². The summed E-state index contributed by atoms with van der Waals surface area (Å²) < 4.78 is 26.4. The Bertz CT molecular complexity index is 429. The van der Waals surface area contributed by atoms with Crippen molar-refractivity contribution >= 4 is 5.78 Å². The number of halogens is 2. The highest BCUT2D eigenvalue weighted by Gasteiger charge is 2.29. The van der Waals surface area contributed by atoms with Crippen LogP contribution in [0.15, 0.2) is 18.2 Å². The molecule has 1 aromatic carbocycles. The van der Waals surface area contributed by atoms with Gasteiger partial charge in [0.15, 0.2) is 5.78 Å². The molecule has 1 aromatic rings. The van der Waals surface area contributed by atoms with Crippen molar-refractivity contribution in [3.63, 3.8) is 0 Å². The predicted molar refractivity (Wildman–Crippen MR) is 61.0 cm³/mol. The van der Waals surface area contributed by atoms with E-state index in [9.17, 15) is 13.6 Å². The van der Waals surface area contributed by atoms with Crippen LogP contribution in [0.3, 0.4) is 0 Å². The van der Waals surface area contributed by atoms with Crippen LogP contribution < -0.4 is 0 Å². The fourth-order valence-corrected chi connectivity index (χ4v) is 1.92. The molecule has 0 radical (unpaired) electrons. The Morgan fingerprint density at radius 2 is 2.12 bits per heavy atom. The highest BCUT2D eigenvalue weighted by Crippen LogP contribution is 2.26. The lowest BCUT2D eigenvalue weighted by Crippen LogP contribution is -2.32. The van der Waals surface area contributed by atoms with Crippen molar-refractivity contribution in [3.8, 4) is 0 Å². The maximum atomic E-state index is 13.4. The van der Waals surface area contributed by atoms with Crippen LogP contribution in [0.5, 0.6) is 0 Å². The third kappa shape index (κ3) is 2.88. The quantitative estimate of drug-likeness (QED) is 0.736. The first-order chi connectivity index (χ1) is 8.11. The van der Waals surface area contributed by atoms with Gasteiger partial charge in [0.2, 0.25) is 0 Å².